The van der Waals surface area contributed by atoms with Gasteiger partial charge in [-0.25, -0.2) is 0 Å². The molecular weight excluding hydrogens is 216 g/mol. The Hall–Kier alpha value is -0.160. The van der Waals surface area contributed by atoms with Gasteiger partial charge >= 0.3 is 0 Å². The van der Waals surface area contributed by atoms with Crippen LogP contribution in [0.15, 0.2) is 0 Å². The number of hydrogen-bond acceptors (Lipinski definition) is 4. The number of hydrogen-bond donors (Lipinski definition) is 2. The van der Waals surface area contributed by atoms with Crippen molar-refractivity contribution in [3.05, 3.63) is 0 Å². The van der Waals surface area contributed by atoms with E-state index in [4.69, 9.17) is 20.9 Å². The standard InChI is InChI=1S/C13H30N2O2/c1-12(2,6-9-15)17-11-7-13(3,4)16-10-5-8-14/h5-11,14-15H2,1-4H3. The fourth-order valence-electron chi connectivity index (χ4n) is 1.50. The molecule has 4 nitrogen and oxygen atoms in total. The molecule has 17 heavy (non-hydrogen) atoms. The summed E-state index contributed by atoms with van der Waals surface area (Å²) in [6.07, 6.45) is 2.66. The number of rotatable bonds is 10. The van der Waals surface area contributed by atoms with Crippen LogP contribution in [-0.4, -0.2) is 37.5 Å². The van der Waals surface area contributed by atoms with Gasteiger partial charge in [0.05, 0.1) is 17.8 Å². The van der Waals surface area contributed by atoms with Crippen molar-refractivity contribution in [1.29, 1.82) is 0 Å². The fraction of sp³-hybridized carbons (Fsp3) is 1.00. The molecule has 0 aromatic rings. The molecule has 0 aliphatic rings. The van der Waals surface area contributed by atoms with Crippen LogP contribution in [-0.2, 0) is 9.47 Å². The van der Waals surface area contributed by atoms with Gasteiger partial charge in [-0.05, 0) is 60.0 Å². The van der Waals surface area contributed by atoms with Crippen LogP contribution < -0.4 is 11.5 Å². The minimum atomic E-state index is -0.145. The van der Waals surface area contributed by atoms with Crippen LogP contribution in [0.4, 0.5) is 0 Å². The summed E-state index contributed by atoms with van der Waals surface area (Å²) in [7, 11) is 0. The van der Waals surface area contributed by atoms with Gasteiger partial charge in [0.2, 0.25) is 0 Å². The van der Waals surface area contributed by atoms with Gasteiger partial charge in [0.1, 0.15) is 0 Å². The average molecular weight is 246 g/mol. The third-order valence-corrected chi connectivity index (χ3v) is 2.78. The van der Waals surface area contributed by atoms with Gasteiger partial charge in [-0.2, -0.15) is 0 Å². The first-order valence-electron chi connectivity index (χ1n) is 6.51. The molecule has 0 bridgehead atoms. The van der Waals surface area contributed by atoms with Crippen molar-refractivity contribution in [1.82, 2.24) is 0 Å². The number of ether oxygens (including phenoxy) is 2. The van der Waals surface area contributed by atoms with E-state index in [0.717, 1.165) is 25.9 Å². The maximum absolute atomic E-state index is 5.83. The molecule has 0 heterocycles. The third kappa shape index (κ3) is 9.53. The van der Waals surface area contributed by atoms with E-state index < -0.39 is 0 Å². The molecule has 0 unspecified atom stereocenters. The SMILES string of the molecule is CC(C)(CCN)OCCC(C)(C)OCCCN. The molecule has 104 valence electrons. The van der Waals surface area contributed by atoms with E-state index >= 15 is 0 Å². The highest BCUT2D eigenvalue weighted by Crippen LogP contribution is 2.19. The summed E-state index contributed by atoms with van der Waals surface area (Å²) >= 11 is 0. The Morgan fingerprint density at radius 3 is 1.82 bits per heavy atom. The molecular formula is C13H30N2O2. The Morgan fingerprint density at radius 2 is 1.29 bits per heavy atom. The topological polar surface area (TPSA) is 70.5 Å². The van der Waals surface area contributed by atoms with Crippen LogP contribution in [0.1, 0.15) is 47.0 Å². The summed E-state index contributed by atoms with van der Waals surface area (Å²) in [5.74, 6) is 0. The van der Waals surface area contributed by atoms with Crippen molar-refractivity contribution in [3.63, 3.8) is 0 Å². The lowest BCUT2D eigenvalue weighted by Gasteiger charge is -2.29. The molecule has 0 saturated heterocycles. The maximum atomic E-state index is 5.83. The molecule has 0 amide bonds. The minimum absolute atomic E-state index is 0.137. The smallest absolute Gasteiger partial charge is 0.0648 e. The summed E-state index contributed by atoms with van der Waals surface area (Å²) < 4.78 is 11.6. The van der Waals surface area contributed by atoms with Crippen molar-refractivity contribution in [2.75, 3.05) is 26.3 Å². The van der Waals surface area contributed by atoms with Crippen LogP contribution in [0.25, 0.3) is 0 Å². The second-order valence-electron chi connectivity index (χ2n) is 5.65. The van der Waals surface area contributed by atoms with Gasteiger partial charge in [-0.1, -0.05) is 0 Å². The Kier molecular flexibility index (Phi) is 7.96. The van der Waals surface area contributed by atoms with Crippen LogP contribution >= 0.6 is 0 Å². The maximum Gasteiger partial charge on any atom is 0.0648 e. The summed E-state index contributed by atoms with van der Waals surface area (Å²) in [6.45, 7) is 11.1. The molecule has 0 aromatic carbocycles. The highest BCUT2D eigenvalue weighted by molar-refractivity contribution is 4.72. The van der Waals surface area contributed by atoms with E-state index in [0.29, 0.717) is 19.7 Å². The summed E-state index contributed by atoms with van der Waals surface area (Å²) in [6, 6.07) is 0. The van der Waals surface area contributed by atoms with Crippen molar-refractivity contribution in [2.45, 2.75) is 58.2 Å². The molecule has 4 N–H and O–H groups in total. The van der Waals surface area contributed by atoms with Gasteiger partial charge in [0.15, 0.2) is 0 Å². The first-order chi connectivity index (χ1) is 7.83. The predicted molar refractivity (Wildman–Crippen MR) is 72.0 cm³/mol. The minimum Gasteiger partial charge on any atom is -0.375 e. The molecule has 4 heteroatoms. The monoisotopic (exact) mass is 246 g/mol. The van der Waals surface area contributed by atoms with Crippen LogP contribution in [0, 0.1) is 0 Å². The van der Waals surface area contributed by atoms with Crippen molar-refractivity contribution in [3.8, 4) is 0 Å². The van der Waals surface area contributed by atoms with Crippen molar-refractivity contribution in [2.24, 2.45) is 11.5 Å². The Morgan fingerprint density at radius 1 is 0.765 bits per heavy atom. The fourth-order valence-corrected chi connectivity index (χ4v) is 1.50. The van der Waals surface area contributed by atoms with E-state index in [2.05, 4.69) is 27.7 Å². The van der Waals surface area contributed by atoms with Crippen molar-refractivity contribution >= 4 is 0 Å². The lowest BCUT2D eigenvalue weighted by molar-refractivity contribution is -0.0735. The lowest BCUT2D eigenvalue weighted by atomic mass is 10.0. The van der Waals surface area contributed by atoms with E-state index in [9.17, 15) is 0 Å². The molecule has 0 aromatic heterocycles. The lowest BCUT2D eigenvalue weighted by Crippen LogP contribution is -2.32. The highest BCUT2D eigenvalue weighted by atomic mass is 16.5. The zero-order valence-corrected chi connectivity index (χ0v) is 11.9. The van der Waals surface area contributed by atoms with Crippen LogP contribution in [0.2, 0.25) is 0 Å². The molecule has 0 atom stereocenters. The Labute approximate surface area is 106 Å². The molecule has 0 fully saturated rings. The normalized spacial score (nSPS) is 13.1. The average Bonchev–Trinajstić information content (AvgIpc) is 2.16. The van der Waals surface area contributed by atoms with E-state index in [1.165, 1.54) is 0 Å². The molecule has 0 radical (unpaired) electrons. The summed E-state index contributed by atoms with van der Waals surface area (Å²) in [5.41, 5.74) is 10.7. The third-order valence-electron chi connectivity index (χ3n) is 2.78. The largest absolute Gasteiger partial charge is 0.375 e. The molecule has 0 spiro atoms. The van der Waals surface area contributed by atoms with Crippen molar-refractivity contribution < 1.29 is 9.47 Å². The van der Waals surface area contributed by atoms with Crippen LogP contribution in [0.5, 0.6) is 0 Å². The highest BCUT2D eigenvalue weighted by Gasteiger charge is 2.21. The summed E-state index contributed by atoms with van der Waals surface area (Å²) in [4.78, 5) is 0. The first-order valence-corrected chi connectivity index (χ1v) is 6.51. The Bertz CT molecular complexity index is 194. The number of nitrogens with two attached hydrogens (primary N) is 2. The first kappa shape index (κ1) is 16.8. The van der Waals surface area contributed by atoms with Gasteiger partial charge < -0.3 is 20.9 Å². The van der Waals surface area contributed by atoms with Gasteiger partial charge in [0.25, 0.3) is 0 Å². The second-order valence-corrected chi connectivity index (χ2v) is 5.65. The predicted octanol–water partition coefficient (Wildman–Crippen LogP) is 1.66. The van der Waals surface area contributed by atoms with Gasteiger partial charge in [-0.15, -0.1) is 0 Å². The molecule has 0 aliphatic heterocycles. The van der Waals surface area contributed by atoms with E-state index in [1.807, 2.05) is 0 Å². The van der Waals surface area contributed by atoms with Crippen LogP contribution in [0.3, 0.4) is 0 Å². The molecule has 0 rings (SSSR count). The summed E-state index contributed by atoms with van der Waals surface area (Å²) in [5, 5.41) is 0. The zero-order chi connectivity index (χ0) is 13.4. The van der Waals surface area contributed by atoms with Gasteiger partial charge in [-0.3, -0.25) is 0 Å². The van der Waals surface area contributed by atoms with E-state index in [-0.39, 0.29) is 11.2 Å². The molecule has 0 saturated carbocycles. The van der Waals surface area contributed by atoms with E-state index in [1.54, 1.807) is 0 Å². The molecule has 0 aliphatic carbocycles. The second kappa shape index (κ2) is 8.03. The zero-order valence-electron chi connectivity index (χ0n) is 11.9. The Balaban J connectivity index is 3.77. The quantitative estimate of drug-likeness (QED) is 0.575. The van der Waals surface area contributed by atoms with Gasteiger partial charge in [0, 0.05) is 6.61 Å².